The monoisotopic (exact) mass is 301 g/mol. The standard InChI is InChI=1S/C7H3N13O2/c1-20-7(3-6(12-19-9)17-22-15-3)10-4(13-20)2-5(11-18-8)16-21-14-2/h1H3. The van der Waals surface area contributed by atoms with E-state index >= 15 is 0 Å². The summed E-state index contributed by atoms with van der Waals surface area (Å²) >= 11 is 0. The Kier molecular flexibility index (Phi) is 3.08. The summed E-state index contributed by atoms with van der Waals surface area (Å²) in [6, 6.07) is 0. The van der Waals surface area contributed by atoms with Gasteiger partial charge in [0.25, 0.3) is 0 Å². The van der Waals surface area contributed by atoms with Gasteiger partial charge in [0.15, 0.2) is 17.2 Å². The van der Waals surface area contributed by atoms with Gasteiger partial charge in [0.05, 0.1) is 0 Å². The van der Waals surface area contributed by atoms with Crippen molar-refractivity contribution in [2.45, 2.75) is 0 Å². The zero-order chi connectivity index (χ0) is 15.5. The first-order valence-electron chi connectivity index (χ1n) is 5.41. The van der Waals surface area contributed by atoms with Gasteiger partial charge < -0.3 is 0 Å². The van der Waals surface area contributed by atoms with E-state index in [1.165, 1.54) is 4.68 Å². The van der Waals surface area contributed by atoms with E-state index in [1.807, 2.05) is 0 Å². The van der Waals surface area contributed by atoms with Crippen molar-refractivity contribution in [3.05, 3.63) is 20.9 Å². The molecule has 0 aliphatic carbocycles. The van der Waals surface area contributed by atoms with Gasteiger partial charge in [-0.25, -0.2) is 18.9 Å². The van der Waals surface area contributed by atoms with Crippen molar-refractivity contribution in [1.29, 1.82) is 0 Å². The van der Waals surface area contributed by atoms with Crippen LogP contribution in [0.3, 0.4) is 0 Å². The number of rotatable bonds is 4. The normalized spacial score (nSPS) is 10.0. The summed E-state index contributed by atoms with van der Waals surface area (Å²) in [6.45, 7) is 0. The molecular weight excluding hydrogens is 298 g/mol. The third-order valence-electron chi connectivity index (χ3n) is 2.41. The maximum atomic E-state index is 8.46. The maximum Gasteiger partial charge on any atom is 0.206 e. The quantitative estimate of drug-likeness (QED) is 0.393. The third-order valence-corrected chi connectivity index (χ3v) is 2.41. The van der Waals surface area contributed by atoms with E-state index in [1.54, 1.807) is 7.05 Å². The zero-order valence-electron chi connectivity index (χ0n) is 10.6. The predicted molar refractivity (Wildman–Crippen MR) is 65.2 cm³/mol. The van der Waals surface area contributed by atoms with Gasteiger partial charge in [-0.05, 0) is 41.9 Å². The minimum absolute atomic E-state index is 0.0430. The van der Waals surface area contributed by atoms with Gasteiger partial charge in [-0.2, -0.15) is 0 Å². The number of aromatic nitrogens is 7. The van der Waals surface area contributed by atoms with Crippen LogP contribution in [0.15, 0.2) is 19.5 Å². The highest BCUT2D eigenvalue weighted by Crippen LogP contribution is 2.29. The van der Waals surface area contributed by atoms with Crippen LogP contribution in [0, 0.1) is 0 Å². The highest BCUT2D eigenvalue weighted by atomic mass is 16.6. The number of aryl methyl sites for hydroxylation is 1. The van der Waals surface area contributed by atoms with Crippen LogP contribution < -0.4 is 0 Å². The fraction of sp³-hybridized carbons (Fsp3) is 0.143. The molecule has 15 heteroatoms. The van der Waals surface area contributed by atoms with Gasteiger partial charge in [-0.15, -0.1) is 5.10 Å². The lowest BCUT2D eigenvalue weighted by Gasteiger charge is -1.92. The molecule has 108 valence electrons. The topological polar surface area (TPSA) is 206 Å². The molecule has 0 amide bonds. The number of hydrogen-bond donors (Lipinski definition) is 0. The van der Waals surface area contributed by atoms with Crippen LogP contribution in [0.25, 0.3) is 43.9 Å². The average Bonchev–Trinajstić information content (AvgIpc) is 3.19. The number of azide groups is 2. The molecule has 0 radical (unpaired) electrons. The van der Waals surface area contributed by atoms with Crippen molar-refractivity contribution in [2.24, 2.45) is 17.3 Å². The molecule has 15 nitrogen and oxygen atoms in total. The largest absolute Gasteiger partial charge is 0.247 e. The van der Waals surface area contributed by atoms with E-state index in [2.05, 4.69) is 60.0 Å². The number of nitrogens with zero attached hydrogens (tertiary/aromatic N) is 13. The molecule has 0 spiro atoms. The Bertz CT molecular complexity index is 920. The van der Waals surface area contributed by atoms with Gasteiger partial charge in [-0.3, -0.25) is 0 Å². The molecule has 0 N–H and O–H groups in total. The Morgan fingerprint density at radius 2 is 1.55 bits per heavy atom. The van der Waals surface area contributed by atoms with Crippen LogP contribution >= 0.6 is 0 Å². The highest BCUT2D eigenvalue weighted by molar-refractivity contribution is 5.67. The van der Waals surface area contributed by atoms with Crippen molar-refractivity contribution in [2.75, 3.05) is 0 Å². The van der Waals surface area contributed by atoms with Crippen molar-refractivity contribution >= 4 is 11.6 Å². The summed E-state index contributed by atoms with van der Waals surface area (Å²) in [4.78, 5) is 9.33. The molecule has 0 aliphatic rings. The van der Waals surface area contributed by atoms with Gasteiger partial charge in [-0.1, -0.05) is 0 Å². The van der Waals surface area contributed by atoms with Crippen LogP contribution in [0.2, 0.25) is 0 Å². The second-order valence-corrected chi connectivity index (χ2v) is 3.63. The summed E-state index contributed by atoms with van der Waals surface area (Å²) in [7, 11) is 1.56. The highest BCUT2D eigenvalue weighted by Gasteiger charge is 2.22. The van der Waals surface area contributed by atoms with Crippen LogP contribution in [-0.2, 0) is 7.05 Å². The first-order chi connectivity index (χ1) is 10.7. The molecule has 0 aliphatic heterocycles. The van der Waals surface area contributed by atoms with E-state index in [0.717, 1.165) is 0 Å². The fourth-order valence-electron chi connectivity index (χ4n) is 1.56. The molecule has 0 fully saturated rings. The minimum Gasteiger partial charge on any atom is -0.247 e. The predicted octanol–water partition coefficient (Wildman–Crippen LogP) is 1.80. The molecule has 3 heterocycles. The Morgan fingerprint density at radius 3 is 2.18 bits per heavy atom. The lowest BCUT2D eigenvalue weighted by Crippen LogP contribution is -1.94. The van der Waals surface area contributed by atoms with E-state index < -0.39 is 0 Å². The van der Waals surface area contributed by atoms with Crippen LogP contribution in [0.1, 0.15) is 0 Å². The van der Waals surface area contributed by atoms with Crippen molar-refractivity contribution in [3.63, 3.8) is 0 Å². The second-order valence-electron chi connectivity index (χ2n) is 3.63. The van der Waals surface area contributed by atoms with Gasteiger partial charge in [0.1, 0.15) is 0 Å². The summed E-state index contributed by atoms with van der Waals surface area (Å²) in [5.41, 5.74) is 17.0. The van der Waals surface area contributed by atoms with Gasteiger partial charge in [0, 0.05) is 16.9 Å². The summed E-state index contributed by atoms with van der Waals surface area (Å²) in [5.74, 6) is 0.0378. The fourth-order valence-corrected chi connectivity index (χ4v) is 1.56. The summed E-state index contributed by atoms with van der Waals surface area (Å²) in [5, 5.41) is 24.7. The molecular formula is C7H3N13O2. The van der Waals surface area contributed by atoms with E-state index in [0.29, 0.717) is 0 Å². The first-order valence-corrected chi connectivity index (χ1v) is 5.41. The Balaban J connectivity index is 2.11. The molecule has 3 aromatic rings. The van der Waals surface area contributed by atoms with Crippen molar-refractivity contribution < 1.29 is 9.26 Å². The average molecular weight is 301 g/mol. The lowest BCUT2D eigenvalue weighted by molar-refractivity contribution is 0.309. The molecule has 3 rings (SSSR count). The Labute approximate surface area is 118 Å². The van der Waals surface area contributed by atoms with E-state index in [4.69, 9.17) is 11.1 Å². The van der Waals surface area contributed by atoms with E-state index in [-0.39, 0.29) is 34.7 Å². The van der Waals surface area contributed by atoms with E-state index in [9.17, 15) is 0 Å². The molecule has 3 aromatic heterocycles. The summed E-state index contributed by atoms with van der Waals surface area (Å²) in [6.07, 6.45) is 0. The van der Waals surface area contributed by atoms with Crippen molar-refractivity contribution in [1.82, 2.24) is 35.4 Å². The zero-order valence-corrected chi connectivity index (χ0v) is 10.6. The second kappa shape index (κ2) is 5.20. The van der Waals surface area contributed by atoms with Crippen LogP contribution in [-0.4, -0.2) is 35.4 Å². The number of hydrogen-bond acceptors (Lipinski definition) is 10. The molecule has 0 aromatic carbocycles. The van der Waals surface area contributed by atoms with Crippen molar-refractivity contribution in [3.8, 4) is 23.0 Å². The molecule has 0 atom stereocenters. The molecule has 0 saturated heterocycles. The smallest absolute Gasteiger partial charge is 0.206 e. The molecule has 22 heavy (non-hydrogen) atoms. The summed E-state index contributed by atoms with van der Waals surface area (Å²) < 4.78 is 10.3. The van der Waals surface area contributed by atoms with Crippen LogP contribution in [0.5, 0.6) is 0 Å². The molecule has 0 bridgehead atoms. The Hall–Kier alpha value is -3.96. The Morgan fingerprint density at radius 1 is 0.955 bits per heavy atom. The minimum atomic E-state index is -0.117. The third kappa shape index (κ3) is 2.05. The van der Waals surface area contributed by atoms with Gasteiger partial charge in [0.2, 0.25) is 17.5 Å². The first kappa shape index (κ1) is 13.0. The SMILES string of the molecule is Cn1nc(-c2nonc2N=[N+]=[N-])nc1-c1nonc1N=[N+]=[N-]. The maximum absolute atomic E-state index is 8.46. The molecule has 0 saturated carbocycles. The lowest BCUT2D eigenvalue weighted by atomic mass is 10.4. The van der Waals surface area contributed by atoms with Gasteiger partial charge >= 0.3 is 0 Å². The van der Waals surface area contributed by atoms with Crippen LogP contribution in [0.4, 0.5) is 11.6 Å². The molecule has 0 unspecified atom stereocenters.